The molecule has 1 fully saturated rings. The van der Waals surface area contributed by atoms with E-state index >= 15 is 0 Å². The summed E-state index contributed by atoms with van der Waals surface area (Å²) >= 11 is 3.43. The molecule has 0 radical (unpaired) electrons. The zero-order chi connectivity index (χ0) is 20.5. The standard InChI is InChI=1S/C22H21BrFN3O2/c1-13-10-16(7-9-27(13)22(28)29)19-12-18(15-6-8-25-20(23)11-15)21(26-19)14-2-4-17(24)5-3-14/h2-6,8,11-13,16,26H,7,9-10H2,1H3,(H,28,29). The van der Waals surface area contributed by atoms with Crippen LogP contribution in [0.5, 0.6) is 0 Å². The second-order valence-electron chi connectivity index (χ2n) is 7.43. The van der Waals surface area contributed by atoms with Crippen molar-refractivity contribution in [1.29, 1.82) is 0 Å². The van der Waals surface area contributed by atoms with E-state index < -0.39 is 6.09 Å². The van der Waals surface area contributed by atoms with E-state index in [9.17, 15) is 14.3 Å². The van der Waals surface area contributed by atoms with Crippen LogP contribution in [0.3, 0.4) is 0 Å². The molecule has 1 aliphatic rings. The minimum atomic E-state index is -0.864. The van der Waals surface area contributed by atoms with Gasteiger partial charge in [-0.3, -0.25) is 0 Å². The van der Waals surface area contributed by atoms with Gasteiger partial charge >= 0.3 is 6.09 Å². The molecule has 2 atom stereocenters. The maximum atomic E-state index is 13.4. The molecule has 0 spiro atoms. The molecule has 1 amide bonds. The lowest BCUT2D eigenvalue weighted by Crippen LogP contribution is -2.43. The zero-order valence-electron chi connectivity index (χ0n) is 15.9. The highest BCUT2D eigenvalue weighted by atomic mass is 79.9. The normalized spacial score (nSPS) is 19.3. The maximum absolute atomic E-state index is 13.4. The average Bonchev–Trinajstić information content (AvgIpc) is 3.13. The van der Waals surface area contributed by atoms with Gasteiger partial charge in [0.25, 0.3) is 0 Å². The van der Waals surface area contributed by atoms with Crippen LogP contribution in [0.1, 0.15) is 31.4 Å². The van der Waals surface area contributed by atoms with Crippen molar-refractivity contribution in [1.82, 2.24) is 14.9 Å². The fourth-order valence-electron chi connectivity index (χ4n) is 4.08. The highest BCUT2D eigenvalue weighted by Crippen LogP contribution is 2.39. The van der Waals surface area contributed by atoms with E-state index in [4.69, 9.17) is 0 Å². The predicted octanol–water partition coefficient (Wildman–Crippen LogP) is 5.89. The molecular weight excluding hydrogens is 437 g/mol. The van der Waals surface area contributed by atoms with Gasteiger partial charge in [-0.1, -0.05) is 0 Å². The molecule has 2 unspecified atom stereocenters. The van der Waals surface area contributed by atoms with E-state index in [1.807, 2.05) is 19.1 Å². The van der Waals surface area contributed by atoms with Gasteiger partial charge in [0.15, 0.2) is 0 Å². The summed E-state index contributed by atoms with van der Waals surface area (Å²) in [7, 11) is 0. The Balaban J connectivity index is 1.74. The van der Waals surface area contributed by atoms with Crippen LogP contribution in [0.15, 0.2) is 53.3 Å². The molecule has 3 aromatic rings. The zero-order valence-corrected chi connectivity index (χ0v) is 17.5. The van der Waals surface area contributed by atoms with Crippen molar-refractivity contribution in [2.45, 2.75) is 31.7 Å². The van der Waals surface area contributed by atoms with Gasteiger partial charge in [-0.05, 0) is 89.3 Å². The lowest BCUT2D eigenvalue weighted by atomic mass is 9.89. The Labute approximate surface area is 176 Å². The second-order valence-corrected chi connectivity index (χ2v) is 8.25. The molecule has 2 aromatic heterocycles. The van der Waals surface area contributed by atoms with Gasteiger partial charge < -0.3 is 15.0 Å². The molecule has 29 heavy (non-hydrogen) atoms. The molecule has 4 rings (SSSR count). The van der Waals surface area contributed by atoms with Crippen molar-refractivity contribution >= 4 is 22.0 Å². The number of hydrogen-bond acceptors (Lipinski definition) is 2. The number of halogens is 2. The van der Waals surface area contributed by atoms with Gasteiger partial charge in [-0.25, -0.2) is 14.2 Å². The summed E-state index contributed by atoms with van der Waals surface area (Å²) in [6.07, 6.45) is 2.40. The Kier molecular flexibility index (Phi) is 5.41. The third-order valence-electron chi connectivity index (χ3n) is 5.57. The number of pyridine rings is 1. The fourth-order valence-corrected chi connectivity index (χ4v) is 4.44. The Morgan fingerprint density at radius 1 is 1.24 bits per heavy atom. The van der Waals surface area contributed by atoms with Crippen molar-refractivity contribution in [3.63, 3.8) is 0 Å². The largest absolute Gasteiger partial charge is 0.465 e. The highest BCUT2D eigenvalue weighted by Gasteiger charge is 2.30. The lowest BCUT2D eigenvalue weighted by molar-refractivity contribution is 0.106. The van der Waals surface area contributed by atoms with Gasteiger partial charge in [0.2, 0.25) is 0 Å². The number of nitrogens with zero attached hydrogens (tertiary/aromatic N) is 2. The van der Waals surface area contributed by atoms with Crippen LogP contribution in [-0.4, -0.2) is 38.7 Å². The first-order chi connectivity index (χ1) is 13.9. The summed E-state index contributed by atoms with van der Waals surface area (Å²) in [6.45, 7) is 2.47. The predicted molar refractivity (Wildman–Crippen MR) is 113 cm³/mol. The third-order valence-corrected chi connectivity index (χ3v) is 6.00. The molecule has 1 aromatic carbocycles. The number of carboxylic acid groups (broad SMARTS) is 1. The number of piperidine rings is 1. The van der Waals surface area contributed by atoms with E-state index in [0.717, 1.165) is 45.5 Å². The average molecular weight is 458 g/mol. The molecule has 1 aliphatic heterocycles. The Morgan fingerprint density at radius 2 is 2.00 bits per heavy atom. The molecule has 2 N–H and O–H groups in total. The number of aromatic nitrogens is 2. The van der Waals surface area contributed by atoms with Crippen molar-refractivity contribution < 1.29 is 14.3 Å². The van der Waals surface area contributed by atoms with Gasteiger partial charge in [-0.15, -0.1) is 0 Å². The molecule has 0 aliphatic carbocycles. The van der Waals surface area contributed by atoms with Crippen LogP contribution in [-0.2, 0) is 0 Å². The second kappa shape index (κ2) is 7.99. The van der Waals surface area contributed by atoms with Gasteiger partial charge in [-0.2, -0.15) is 0 Å². The molecule has 7 heteroatoms. The number of aromatic amines is 1. The third kappa shape index (κ3) is 4.05. The summed E-state index contributed by atoms with van der Waals surface area (Å²) in [4.78, 5) is 20.6. The number of H-pyrrole nitrogens is 1. The summed E-state index contributed by atoms with van der Waals surface area (Å²) in [5.41, 5.74) is 4.92. The quantitative estimate of drug-likeness (QED) is 0.481. The van der Waals surface area contributed by atoms with E-state index in [2.05, 4.69) is 32.0 Å². The van der Waals surface area contributed by atoms with Crippen molar-refractivity contribution in [3.8, 4) is 22.4 Å². The molecule has 1 saturated heterocycles. The minimum absolute atomic E-state index is 0.0395. The minimum Gasteiger partial charge on any atom is -0.465 e. The number of rotatable bonds is 3. The van der Waals surface area contributed by atoms with E-state index in [1.165, 1.54) is 17.0 Å². The van der Waals surface area contributed by atoms with Crippen LogP contribution >= 0.6 is 15.9 Å². The van der Waals surface area contributed by atoms with Crippen LogP contribution in [0, 0.1) is 5.82 Å². The Morgan fingerprint density at radius 3 is 2.66 bits per heavy atom. The first-order valence-electron chi connectivity index (χ1n) is 9.52. The van der Waals surface area contributed by atoms with E-state index in [1.54, 1.807) is 18.3 Å². The summed E-state index contributed by atoms with van der Waals surface area (Å²) in [6, 6.07) is 12.4. The summed E-state index contributed by atoms with van der Waals surface area (Å²) in [5, 5.41) is 9.34. The summed E-state index contributed by atoms with van der Waals surface area (Å²) < 4.78 is 14.2. The number of nitrogens with one attached hydrogen (secondary N) is 1. The lowest BCUT2D eigenvalue weighted by Gasteiger charge is -2.35. The van der Waals surface area contributed by atoms with Gasteiger partial charge in [0, 0.05) is 36.0 Å². The smallest absolute Gasteiger partial charge is 0.407 e. The number of carbonyl (C=O) groups is 1. The van der Waals surface area contributed by atoms with Crippen LogP contribution in [0.4, 0.5) is 9.18 Å². The number of amides is 1. The fraction of sp³-hybridized carbons (Fsp3) is 0.273. The molecule has 3 heterocycles. The van der Waals surface area contributed by atoms with E-state index in [0.29, 0.717) is 6.54 Å². The molecular formula is C22H21BrFN3O2. The highest BCUT2D eigenvalue weighted by molar-refractivity contribution is 9.10. The van der Waals surface area contributed by atoms with Crippen molar-refractivity contribution in [3.05, 3.63) is 64.8 Å². The SMILES string of the molecule is CC1CC(c2cc(-c3ccnc(Br)c3)c(-c3ccc(F)cc3)[nH]2)CCN1C(=O)O. The van der Waals surface area contributed by atoms with Crippen molar-refractivity contribution in [2.24, 2.45) is 0 Å². The molecule has 5 nitrogen and oxygen atoms in total. The monoisotopic (exact) mass is 457 g/mol. The van der Waals surface area contributed by atoms with Crippen LogP contribution < -0.4 is 0 Å². The van der Waals surface area contributed by atoms with Crippen molar-refractivity contribution in [2.75, 3.05) is 6.54 Å². The topological polar surface area (TPSA) is 69.2 Å². The molecule has 150 valence electrons. The summed E-state index contributed by atoms with van der Waals surface area (Å²) in [5.74, 6) is -0.0394. The van der Waals surface area contributed by atoms with Gasteiger partial charge in [0.1, 0.15) is 10.4 Å². The first-order valence-corrected chi connectivity index (χ1v) is 10.3. The van der Waals surface area contributed by atoms with Crippen LogP contribution in [0.25, 0.3) is 22.4 Å². The molecule has 0 bridgehead atoms. The first kappa shape index (κ1) is 19.6. The van der Waals surface area contributed by atoms with Crippen LogP contribution in [0.2, 0.25) is 0 Å². The van der Waals surface area contributed by atoms with E-state index in [-0.39, 0.29) is 17.8 Å². The number of likely N-dealkylation sites (tertiary alicyclic amines) is 1. The molecule has 0 saturated carbocycles. The number of hydrogen-bond donors (Lipinski definition) is 2. The maximum Gasteiger partial charge on any atom is 0.407 e. The Bertz CT molecular complexity index is 1030. The number of benzene rings is 1. The van der Waals surface area contributed by atoms with Gasteiger partial charge in [0.05, 0.1) is 5.69 Å². The Hall–Kier alpha value is -2.67.